The summed E-state index contributed by atoms with van der Waals surface area (Å²) in [5, 5.41) is 14.0. The lowest BCUT2D eigenvalue weighted by atomic mass is 9.96. The Morgan fingerprint density at radius 3 is 2.84 bits per heavy atom. The second kappa shape index (κ2) is 4.87. The van der Waals surface area contributed by atoms with Crippen LogP contribution in [0.3, 0.4) is 0 Å². The van der Waals surface area contributed by atoms with Gasteiger partial charge >= 0.3 is 0 Å². The third kappa shape index (κ3) is 2.30. The molecule has 0 amide bonds. The summed E-state index contributed by atoms with van der Waals surface area (Å²) in [4.78, 5) is 0. The normalized spacial score (nSPS) is 37.5. The highest BCUT2D eigenvalue weighted by molar-refractivity contribution is 5.37. The third-order valence-electron chi connectivity index (χ3n) is 4.57. The maximum absolute atomic E-state index is 10.5. The molecule has 3 rings (SSSR count). The topological polar surface area (TPSA) is 67.5 Å². The van der Waals surface area contributed by atoms with Crippen LogP contribution in [0.15, 0.2) is 24.3 Å². The van der Waals surface area contributed by atoms with Crippen LogP contribution < -0.4 is 11.1 Å². The number of aliphatic hydroxyl groups is 1. The Bertz CT molecular complexity index is 465. The first-order valence-electron chi connectivity index (χ1n) is 7.02. The monoisotopic (exact) mass is 262 g/mol. The van der Waals surface area contributed by atoms with Gasteiger partial charge < -0.3 is 20.9 Å². The summed E-state index contributed by atoms with van der Waals surface area (Å²) in [6.45, 7) is 3.13. The fourth-order valence-electron chi connectivity index (χ4n) is 3.17. The maximum atomic E-state index is 10.5. The molecule has 1 aromatic rings. The highest BCUT2D eigenvalue weighted by Gasteiger charge is 2.40. The Labute approximate surface area is 114 Å². The van der Waals surface area contributed by atoms with Crippen molar-refractivity contribution in [1.82, 2.24) is 5.32 Å². The van der Waals surface area contributed by atoms with Gasteiger partial charge in [0.15, 0.2) is 0 Å². The van der Waals surface area contributed by atoms with E-state index in [9.17, 15) is 5.11 Å². The van der Waals surface area contributed by atoms with Crippen LogP contribution in [0.1, 0.15) is 43.0 Å². The van der Waals surface area contributed by atoms with Crippen LogP contribution in [0.25, 0.3) is 0 Å². The molecule has 1 aromatic carbocycles. The van der Waals surface area contributed by atoms with E-state index in [-0.39, 0.29) is 18.2 Å². The number of hydrogen-bond acceptors (Lipinski definition) is 4. The number of nitrogens with one attached hydrogen (secondary N) is 1. The first-order valence-corrected chi connectivity index (χ1v) is 7.02. The van der Waals surface area contributed by atoms with Gasteiger partial charge in [-0.05, 0) is 24.5 Å². The Morgan fingerprint density at radius 2 is 2.16 bits per heavy atom. The Balaban J connectivity index is 1.69. The van der Waals surface area contributed by atoms with Crippen LogP contribution in [0, 0.1) is 0 Å². The predicted octanol–water partition coefficient (Wildman–Crippen LogP) is 1.26. The number of nitrogens with two attached hydrogens (primary N) is 1. The number of rotatable bonds is 3. The lowest BCUT2D eigenvalue weighted by Crippen LogP contribution is -2.46. The zero-order chi connectivity index (χ0) is 13.5. The van der Waals surface area contributed by atoms with E-state index >= 15 is 0 Å². The van der Waals surface area contributed by atoms with Crippen LogP contribution in [0.5, 0.6) is 0 Å². The summed E-state index contributed by atoms with van der Waals surface area (Å²) < 4.78 is 5.46. The SMILES string of the molecule is CC1OCCC1(O)CNC1CC(N)c2ccccc21. The third-order valence-corrected chi connectivity index (χ3v) is 4.57. The summed E-state index contributed by atoms with van der Waals surface area (Å²) in [5.74, 6) is 0. The van der Waals surface area contributed by atoms with Crippen LogP contribution >= 0.6 is 0 Å². The number of benzene rings is 1. The molecule has 1 fully saturated rings. The molecule has 104 valence electrons. The molecular weight excluding hydrogens is 240 g/mol. The highest BCUT2D eigenvalue weighted by Crippen LogP contribution is 2.37. The molecule has 4 nitrogen and oxygen atoms in total. The van der Waals surface area contributed by atoms with Gasteiger partial charge in [0, 0.05) is 31.7 Å². The van der Waals surface area contributed by atoms with E-state index in [4.69, 9.17) is 10.5 Å². The smallest absolute Gasteiger partial charge is 0.105 e. The van der Waals surface area contributed by atoms with Crippen molar-refractivity contribution in [2.24, 2.45) is 5.73 Å². The molecule has 0 aromatic heterocycles. The zero-order valence-electron chi connectivity index (χ0n) is 11.3. The van der Waals surface area contributed by atoms with Gasteiger partial charge in [-0.1, -0.05) is 24.3 Å². The molecule has 0 spiro atoms. The van der Waals surface area contributed by atoms with Gasteiger partial charge in [-0.2, -0.15) is 0 Å². The lowest BCUT2D eigenvalue weighted by molar-refractivity contribution is -0.0277. The van der Waals surface area contributed by atoms with Gasteiger partial charge in [0.25, 0.3) is 0 Å². The van der Waals surface area contributed by atoms with E-state index in [1.54, 1.807) is 0 Å². The molecule has 1 aliphatic heterocycles. The van der Waals surface area contributed by atoms with Crippen molar-refractivity contribution in [3.8, 4) is 0 Å². The average Bonchev–Trinajstić information content (AvgIpc) is 2.90. The Kier molecular flexibility index (Phi) is 3.35. The molecule has 1 saturated heterocycles. The van der Waals surface area contributed by atoms with Gasteiger partial charge in [0.1, 0.15) is 5.60 Å². The molecule has 4 heteroatoms. The van der Waals surface area contributed by atoms with Crippen molar-refractivity contribution in [3.63, 3.8) is 0 Å². The summed E-state index contributed by atoms with van der Waals surface area (Å²) in [7, 11) is 0. The molecule has 19 heavy (non-hydrogen) atoms. The molecule has 4 N–H and O–H groups in total. The van der Waals surface area contributed by atoms with E-state index in [2.05, 4.69) is 17.4 Å². The zero-order valence-corrected chi connectivity index (χ0v) is 11.3. The minimum absolute atomic E-state index is 0.0978. The van der Waals surface area contributed by atoms with Crippen molar-refractivity contribution < 1.29 is 9.84 Å². The molecule has 0 radical (unpaired) electrons. The minimum atomic E-state index is -0.748. The van der Waals surface area contributed by atoms with E-state index in [0.717, 1.165) is 6.42 Å². The fraction of sp³-hybridized carbons (Fsp3) is 0.600. The molecule has 1 heterocycles. The summed E-state index contributed by atoms with van der Waals surface area (Å²) in [5.41, 5.74) is 7.90. The summed E-state index contributed by atoms with van der Waals surface area (Å²) >= 11 is 0. The number of hydrogen-bond donors (Lipinski definition) is 3. The Hall–Kier alpha value is -0.940. The predicted molar refractivity (Wildman–Crippen MR) is 73.7 cm³/mol. The van der Waals surface area contributed by atoms with Crippen molar-refractivity contribution in [2.75, 3.05) is 13.2 Å². The van der Waals surface area contributed by atoms with Crippen molar-refractivity contribution >= 4 is 0 Å². The first kappa shape index (κ1) is 13.1. The molecular formula is C15H22N2O2. The molecule has 4 atom stereocenters. The van der Waals surface area contributed by atoms with Crippen molar-refractivity contribution in [1.29, 1.82) is 0 Å². The van der Waals surface area contributed by atoms with Crippen molar-refractivity contribution in [2.45, 2.75) is 43.6 Å². The van der Waals surface area contributed by atoms with E-state index in [1.165, 1.54) is 11.1 Å². The quantitative estimate of drug-likeness (QED) is 0.767. The second-order valence-electron chi connectivity index (χ2n) is 5.77. The minimum Gasteiger partial charge on any atom is -0.386 e. The lowest BCUT2D eigenvalue weighted by Gasteiger charge is -2.28. The fourth-order valence-corrected chi connectivity index (χ4v) is 3.17. The second-order valence-corrected chi connectivity index (χ2v) is 5.77. The van der Waals surface area contributed by atoms with Gasteiger partial charge in [-0.3, -0.25) is 0 Å². The van der Waals surface area contributed by atoms with Crippen LogP contribution in [0.2, 0.25) is 0 Å². The van der Waals surface area contributed by atoms with E-state index < -0.39 is 5.60 Å². The summed E-state index contributed by atoms with van der Waals surface area (Å²) in [6, 6.07) is 8.63. The van der Waals surface area contributed by atoms with Crippen LogP contribution in [-0.4, -0.2) is 30.0 Å². The van der Waals surface area contributed by atoms with Gasteiger partial charge in [-0.25, -0.2) is 0 Å². The average molecular weight is 262 g/mol. The molecule has 0 bridgehead atoms. The molecule has 4 unspecified atom stereocenters. The highest BCUT2D eigenvalue weighted by atomic mass is 16.5. The number of fused-ring (bicyclic) bond motifs is 1. The van der Waals surface area contributed by atoms with Crippen molar-refractivity contribution in [3.05, 3.63) is 35.4 Å². The van der Waals surface area contributed by atoms with E-state index in [0.29, 0.717) is 19.6 Å². The first-order chi connectivity index (χ1) is 9.10. The van der Waals surface area contributed by atoms with Gasteiger partial charge in [0.05, 0.1) is 6.10 Å². The summed E-state index contributed by atoms with van der Waals surface area (Å²) in [6.07, 6.45) is 1.48. The van der Waals surface area contributed by atoms with Crippen LogP contribution in [0.4, 0.5) is 0 Å². The number of ether oxygens (including phenoxy) is 1. The molecule has 1 aliphatic carbocycles. The van der Waals surface area contributed by atoms with Crippen LogP contribution in [-0.2, 0) is 4.74 Å². The van der Waals surface area contributed by atoms with Gasteiger partial charge in [-0.15, -0.1) is 0 Å². The molecule has 0 saturated carbocycles. The van der Waals surface area contributed by atoms with E-state index in [1.807, 2.05) is 19.1 Å². The largest absolute Gasteiger partial charge is 0.386 e. The standard InChI is InChI=1S/C15H22N2O2/c1-10-15(18,6-7-19-10)9-17-14-8-13(16)11-4-2-3-5-12(11)14/h2-5,10,13-14,17-18H,6-9,16H2,1H3. The molecule has 2 aliphatic rings. The maximum Gasteiger partial charge on any atom is 0.105 e. The van der Waals surface area contributed by atoms with Gasteiger partial charge in [0.2, 0.25) is 0 Å². The Morgan fingerprint density at radius 1 is 1.42 bits per heavy atom.